The normalized spacial score (nSPS) is 18.3. The van der Waals surface area contributed by atoms with Crippen LogP contribution in [0.3, 0.4) is 0 Å². The molecular formula is C15H21BrN2O3. The summed E-state index contributed by atoms with van der Waals surface area (Å²) in [6.07, 6.45) is -0.612. The van der Waals surface area contributed by atoms with Gasteiger partial charge in [-0.25, -0.2) is 4.79 Å². The molecule has 5 nitrogen and oxygen atoms in total. The molecule has 2 rings (SSSR count). The number of hydrogen-bond acceptors (Lipinski definition) is 4. The lowest BCUT2D eigenvalue weighted by molar-refractivity contribution is 0.104. The van der Waals surface area contributed by atoms with Gasteiger partial charge >= 0.3 is 6.09 Å². The molecule has 0 spiro atoms. The maximum Gasteiger partial charge on any atom is 0.407 e. The van der Waals surface area contributed by atoms with E-state index in [1.807, 2.05) is 18.2 Å². The first-order chi connectivity index (χ1) is 9.83. The summed E-state index contributed by atoms with van der Waals surface area (Å²) < 4.78 is 11.9. The van der Waals surface area contributed by atoms with E-state index in [0.29, 0.717) is 19.7 Å². The molecule has 0 saturated carbocycles. The van der Waals surface area contributed by atoms with Gasteiger partial charge in [-0.3, -0.25) is 0 Å². The van der Waals surface area contributed by atoms with Gasteiger partial charge in [-0.1, -0.05) is 15.9 Å². The number of cyclic esters (lactones) is 1. The Kier molecular flexibility index (Phi) is 5.11. The van der Waals surface area contributed by atoms with Crippen molar-refractivity contribution in [2.45, 2.75) is 39.0 Å². The van der Waals surface area contributed by atoms with Crippen LogP contribution in [0.4, 0.5) is 4.79 Å². The van der Waals surface area contributed by atoms with Crippen LogP contribution in [0.1, 0.15) is 26.3 Å². The van der Waals surface area contributed by atoms with Gasteiger partial charge in [0.1, 0.15) is 12.4 Å². The zero-order valence-electron chi connectivity index (χ0n) is 12.5. The minimum atomic E-state index is -0.381. The van der Waals surface area contributed by atoms with Crippen molar-refractivity contribution in [2.24, 2.45) is 0 Å². The number of halogens is 1. The number of nitrogens with one attached hydrogen (secondary N) is 2. The van der Waals surface area contributed by atoms with E-state index in [4.69, 9.17) is 9.47 Å². The topological polar surface area (TPSA) is 59.6 Å². The molecular weight excluding hydrogens is 336 g/mol. The third kappa shape index (κ3) is 5.21. The minimum absolute atomic E-state index is 0.0322. The predicted molar refractivity (Wildman–Crippen MR) is 84.5 cm³/mol. The van der Waals surface area contributed by atoms with E-state index >= 15 is 0 Å². The molecule has 2 N–H and O–H groups in total. The lowest BCUT2D eigenvalue weighted by Crippen LogP contribution is -2.35. The van der Waals surface area contributed by atoms with Crippen LogP contribution in [0, 0.1) is 0 Å². The van der Waals surface area contributed by atoms with Crippen molar-refractivity contribution < 1.29 is 14.3 Å². The highest BCUT2D eigenvalue weighted by Gasteiger charge is 2.23. The van der Waals surface area contributed by atoms with Crippen molar-refractivity contribution >= 4 is 22.0 Å². The van der Waals surface area contributed by atoms with Gasteiger partial charge in [-0.15, -0.1) is 0 Å². The molecule has 1 heterocycles. The Morgan fingerprint density at radius 1 is 1.48 bits per heavy atom. The van der Waals surface area contributed by atoms with E-state index in [0.717, 1.165) is 15.8 Å². The minimum Gasteiger partial charge on any atom is -0.489 e. The molecule has 1 aliphatic heterocycles. The summed E-state index contributed by atoms with van der Waals surface area (Å²) in [5.74, 6) is 0.804. The number of amides is 1. The molecule has 0 aromatic heterocycles. The monoisotopic (exact) mass is 356 g/mol. The van der Waals surface area contributed by atoms with E-state index in [9.17, 15) is 4.79 Å². The molecule has 1 amide bonds. The van der Waals surface area contributed by atoms with E-state index in [1.54, 1.807) is 0 Å². The van der Waals surface area contributed by atoms with Crippen LogP contribution in [0.2, 0.25) is 0 Å². The summed E-state index contributed by atoms with van der Waals surface area (Å²) in [4.78, 5) is 11.0. The zero-order chi connectivity index (χ0) is 15.5. The molecule has 21 heavy (non-hydrogen) atoms. The molecule has 116 valence electrons. The van der Waals surface area contributed by atoms with Gasteiger partial charge in [0, 0.05) is 22.1 Å². The summed E-state index contributed by atoms with van der Waals surface area (Å²) in [6, 6.07) is 5.90. The van der Waals surface area contributed by atoms with Gasteiger partial charge < -0.3 is 20.1 Å². The van der Waals surface area contributed by atoms with Gasteiger partial charge in [0.15, 0.2) is 6.10 Å². The second-order valence-electron chi connectivity index (χ2n) is 6.07. The molecule has 1 fully saturated rings. The number of ether oxygens (including phenoxy) is 2. The Labute approximate surface area is 133 Å². The van der Waals surface area contributed by atoms with Gasteiger partial charge in [-0.2, -0.15) is 0 Å². The maximum absolute atomic E-state index is 11.0. The first kappa shape index (κ1) is 16.1. The van der Waals surface area contributed by atoms with Crippen LogP contribution >= 0.6 is 15.9 Å². The number of carbonyl (C=O) groups excluding carboxylic acids is 1. The van der Waals surface area contributed by atoms with Crippen LogP contribution in [-0.2, 0) is 11.3 Å². The van der Waals surface area contributed by atoms with Crippen molar-refractivity contribution in [3.8, 4) is 5.75 Å². The molecule has 1 aliphatic rings. The van der Waals surface area contributed by atoms with E-state index in [-0.39, 0.29) is 17.7 Å². The average molecular weight is 357 g/mol. The van der Waals surface area contributed by atoms with Crippen molar-refractivity contribution in [2.75, 3.05) is 13.2 Å². The van der Waals surface area contributed by atoms with E-state index in [2.05, 4.69) is 47.3 Å². The molecule has 0 aliphatic carbocycles. The van der Waals surface area contributed by atoms with Crippen molar-refractivity contribution in [3.05, 3.63) is 28.2 Å². The van der Waals surface area contributed by atoms with E-state index in [1.165, 1.54) is 0 Å². The Bertz CT molecular complexity index is 514. The van der Waals surface area contributed by atoms with Gasteiger partial charge in [-0.05, 0) is 39.0 Å². The fraction of sp³-hybridized carbons (Fsp3) is 0.533. The summed E-state index contributed by atoms with van der Waals surface area (Å²) in [7, 11) is 0. The Morgan fingerprint density at radius 2 is 2.24 bits per heavy atom. The highest BCUT2D eigenvalue weighted by Crippen LogP contribution is 2.24. The summed E-state index contributed by atoms with van der Waals surface area (Å²) in [5, 5.41) is 6.06. The SMILES string of the molecule is CC(C)(C)NCc1cc(Br)ccc1OCC1CNC(=O)O1. The molecule has 1 unspecified atom stereocenters. The Hall–Kier alpha value is -1.27. The maximum atomic E-state index is 11.0. The van der Waals surface area contributed by atoms with Crippen LogP contribution in [0.15, 0.2) is 22.7 Å². The van der Waals surface area contributed by atoms with Gasteiger partial charge in [0.25, 0.3) is 0 Å². The number of benzene rings is 1. The lowest BCUT2D eigenvalue weighted by atomic mass is 10.1. The summed E-state index contributed by atoms with van der Waals surface area (Å²) in [6.45, 7) is 7.91. The summed E-state index contributed by atoms with van der Waals surface area (Å²) in [5.41, 5.74) is 1.10. The molecule has 6 heteroatoms. The first-order valence-corrected chi connectivity index (χ1v) is 7.73. The number of rotatable bonds is 5. The molecule has 0 radical (unpaired) electrons. The standard InChI is InChI=1S/C15H21BrN2O3/c1-15(2,3)18-7-10-6-11(16)4-5-13(10)20-9-12-8-17-14(19)21-12/h4-6,12,18H,7-9H2,1-3H3,(H,17,19). The van der Waals surface area contributed by atoms with Crippen LogP contribution in [0.25, 0.3) is 0 Å². The fourth-order valence-corrected chi connectivity index (χ4v) is 2.30. The van der Waals surface area contributed by atoms with Crippen molar-refractivity contribution in [1.29, 1.82) is 0 Å². The number of alkyl carbamates (subject to hydrolysis) is 1. The Morgan fingerprint density at radius 3 is 2.86 bits per heavy atom. The lowest BCUT2D eigenvalue weighted by Gasteiger charge is -2.22. The van der Waals surface area contributed by atoms with Gasteiger partial charge in [0.05, 0.1) is 6.54 Å². The van der Waals surface area contributed by atoms with E-state index < -0.39 is 0 Å². The second kappa shape index (κ2) is 6.66. The molecule has 1 saturated heterocycles. The van der Waals surface area contributed by atoms with Crippen LogP contribution in [0.5, 0.6) is 5.75 Å². The average Bonchev–Trinajstić information content (AvgIpc) is 2.80. The Balaban J connectivity index is 1.99. The molecule has 1 aromatic carbocycles. The molecule has 1 aromatic rings. The third-order valence-electron chi connectivity index (χ3n) is 3.00. The smallest absolute Gasteiger partial charge is 0.407 e. The first-order valence-electron chi connectivity index (χ1n) is 6.94. The quantitative estimate of drug-likeness (QED) is 0.851. The van der Waals surface area contributed by atoms with Crippen LogP contribution < -0.4 is 15.4 Å². The third-order valence-corrected chi connectivity index (χ3v) is 3.50. The fourth-order valence-electron chi connectivity index (χ4n) is 1.89. The largest absolute Gasteiger partial charge is 0.489 e. The van der Waals surface area contributed by atoms with Crippen LogP contribution in [-0.4, -0.2) is 30.9 Å². The predicted octanol–water partition coefficient (Wildman–Crippen LogP) is 2.82. The second-order valence-corrected chi connectivity index (χ2v) is 6.99. The molecule has 1 atom stereocenters. The summed E-state index contributed by atoms with van der Waals surface area (Å²) >= 11 is 3.48. The highest BCUT2D eigenvalue weighted by molar-refractivity contribution is 9.10. The van der Waals surface area contributed by atoms with Crippen molar-refractivity contribution in [3.63, 3.8) is 0 Å². The highest BCUT2D eigenvalue weighted by atomic mass is 79.9. The zero-order valence-corrected chi connectivity index (χ0v) is 14.1. The molecule has 0 bridgehead atoms. The van der Waals surface area contributed by atoms with Crippen molar-refractivity contribution in [1.82, 2.24) is 10.6 Å². The number of carbonyl (C=O) groups is 1. The number of hydrogen-bond donors (Lipinski definition) is 2. The van der Waals surface area contributed by atoms with Gasteiger partial charge in [0.2, 0.25) is 0 Å².